The Morgan fingerprint density at radius 2 is 2.17 bits per heavy atom. The second-order valence-electron chi connectivity index (χ2n) is 4.51. The average molecular weight is 245 g/mol. The van der Waals surface area contributed by atoms with E-state index in [1.54, 1.807) is 6.07 Å². The monoisotopic (exact) mass is 245 g/mol. The van der Waals surface area contributed by atoms with Crippen molar-refractivity contribution < 1.29 is 9.53 Å². The normalized spacial score (nSPS) is 10.8. The van der Waals surface area contributed by atoms with Crippen LogP contribution in [-0.2, 0) is 11.2 Å². The summed E-state index contributed by atoms with van der Waals surface area (Å²) >= 11 is 0. The Labute approximate surface area is 107 Å². The predicted octanol–water partition coefficient (Wildman–Crippen LogP) is 3.69. The van der Waals surface area contributed by atoms with Gasteiger partial charge in [0.15, 0.2) is 0 Å². The van der Waals surface area contributed by atoms with Crippen molar-refractivity contribution in [3.8, 4) is 0 Å². The van der Waals surface area contributed by atoms with Gasteiger partial charge < -0.3 is 9.72 Å². The fourth-order valence-electron chi connectivity index (χ4n) is 2.19. The summed E-state index contributed by atoms with van der Waals surface area (Å²) in [5.74, 6) is -0.289. The second kappa shape index (κ2) is 5.71. The van der Waals surface area contributed by atoms with E-state index < -0.39 is 0 Å². The summed E-state index contributed by atoms with van der Waals surface area (Å²) in [6, 6.07) is 7.82. The molecule has 96 valence electrons. The van der Waals surface area contributed by atoms with Crippen molar-refractivity contribution in [2.45, 2.75) is 32.6 Å². The first-order valence-electron chi connectivity index (χ1n) is 6.45. The van der Waals surface area contributed by atoms with Gasteiger partial charge in [-0.25, -0.2) is 4.79 Å². The number of carbonyl (C=O) groups excluding carboxylic acids is 1. The van der Waals surface area contributed by atoms with Gasteiger partial charge in [-0.2, -0.15) is 0 Å². The number of unbranched alkanes of at least 4 members (excludes halogenated alkanes) is 2. The van der Waals surface area contributed by atoms with E-state index in [2.05, 4.69) is 18.0 Å². The van der Waals surface area contributed by atoms with E-state index in [1.165, 1.54) is 32.1 Å². The van der Waals surface area contributed by atoms with E-state index >= 15 is 0 Å². The highest BCUT2D eigenvalue weighted by Crippen LogP contribution is 2.21. The molecule has 0 spiro atoms. The number of ether oxygens (including phenoxy) is 1. The van der Waals surface area contributed by atoms with Crippen molar-refractivity contribution in [2.75, 3.05) is 7.11 Å². The highest BCUT2D eigenvalue weighted by atomic mass is 16.5. The molecule has 3 heteroatoms. The van der Waals surface area contributed by atoms with Crippen molar-refractivity contribution in [2.24, 2.45) is 0 Å². The molecule has 0 aliphatic carbocycles. The third-order valence-corrected chi connectivity index (χ3v) is 3.17. The van der Waals surface area contributed by atoms with Gasteiger partial charge in [0.2, 0.25) is 0 Å². The summed E-state index contributed by atoms with van der Waals surface area (Å²) < 4.78 is 4.79. The van der Waals surface area contributed by atoms with E-state index in [9.17, 15) is 4.79 Å². The number of methoxy groups -OCH3 is 1. The minimum Gasteiger partial charge on any atom is -0.465 e. The summed E-state index contributed by atoms with van der Waals surface area (Å²) in [5, 5.41) is 1.07. The fraction of sp³-hybridized carbons (Fsp3) is 0.400. The molecule has 1 aromatic heterocycles. The van der Waals surface area contributed by atoms with Crippen LogP contribution in [-0.4, -0.2) is 18.1 Å². The van der Waals surface area contributed by atoms with Crippen LogP contribution in [0.3, 0.4) is 0 Å². The van der Waals surface area contributed by atoms with Crippen molar-refractivity contribution in [3.05, 3.63) is 35.5 Å². The molecule has 0 aliphatic heterocycles. The Balaban J connectivity index is 2.29. The zero-order chi connectivity index (χ0) is 13.0. The molecule has 1 N–H and O–H groups in total. The summed E-state index contributed by atoms with van der Waals surface area (Å²) in [6.45, 7) is 2.20. The molecular weight excluding hydrogens is 226 g/mol. The summed E-state index contributed by atoms with van der Waals surface area (Å²) in [6.07, 6.45) is 4.66. The van der Waals surface area contributed by atoms with Crippen LogP contribution >= 0.6 is 0 Å². The maximum atomic E-state index is 11.7. The van der Waals surface area contributed by atoms with Crippen molar-refractivity contribution in [1.82, 2.24) is 4.98 Å². The number of esters is 1. The SMILES string of the molecule is CCCCCc1cc2cccc(C(=O)OC)c2[nH]1. The lowest BCUT2D eigenvalue weighted by Gasteiger charge is -2.00. The Morgan fingerprint density at radius 1 is 1.33 bits per heavy atom. The Bertz CT molecular complexity index is 542. The van der Waals surface area contributed by atoms with Crippen LogP contribution in [0.4, 0.5) is 0 Å². The maximum absolute atomic E-state index is 11.7. The molecule has 3 nitrogen and oxygen atoms in total. The van der Waals surface area contributed by atoms with Gasteiger partial charge in [-0.1, -0.05) is 31.9 Å². The molecule has 0 radical (unpaired) electrons. The number of carbonyl (C=O) groups is 1. The summed E-state index contributed by atoms with van der Waals surface area (Å²) in [7, 11) is 1.41. The van der Waals surface area contributed by atoms with Crippen LogP contribution in [0.5, 0.6) is 0 Å². The maximum Gasteiger partial charge on any atom is 0.339 e. The van der Waals surface area contributed by atoms with Gasteiger partial charge in [-0.3, -0.25) is 0 Å². The van der Waals surface area contributed by atoms with Crippen LogP contribution < -0.4 is 0 Å². The number of fused-ring (bicyclic) bond motifs is 1. The van der Waals surface area contributed by atoms with Gasteiger partial charge in [-0.15, -0.1) is 0 Å². The minimum absolute atomic E-state index is 0.289. The van der Waals surface area contributed by atoms with Crippen molar-refractivity contribution in [3.63, 3.8) is 0 Å². The molecule has 0 aliphatic rings. The van der Waals surface area contributed by atoms with Gasteiger partial charge in [0.05, 0.1) is 18.2 Å². The molecule has 0 fully saturated rings. The first-order chi connectivity index (χ1) is 8.76. The fourth-order valence-corrected chi connectivity index (χ4v) is 2.19. The molecule has 2 aromatic rings. The van der Waals surface area contributed by atoms with Crippen LogP contribution in [0.15, 0.2) is 24.3 Å². The van der Waals surface area contributed by atoms with Gasteiger partial charge in [-0.05, 0) is 25.0 Å². The van der Waals surface area contributed by atoms with Crippen molar-refractivity contribution >= 4 is 16.9 Å². The number of para-hydroxylation sites is 1. The molecule has 18 heavy (non-hydrogen) atoms. The molecule has 0 atom stereocenters. The summed E-state index contributed by atoms with van der Waals surface area (Å²) in [4.78, 5) is 15.0. The van der Waals surface area contributed by atoms with Crippen LogP contribution in [0.2, 0.25) is 0 Å². The van der Waals surface area contributed by atoms with E-state index in [0.717, 1.165) is 17.3 Å². The largest absolute Gasteiger partial charge is 0.465 e. The molecule has 0 saturated heterocycles. The molecule has 0 amide bonds. The molecule has 2 rings (SSSR count). The third kappa shape index (κ3) is 2.55. The van der Waals surface area contributed by atoms with Gasteiger partial charge >= 0.3 is 5.97 Å². The van der Waals surface area contributed by atoms with Crippen LogP contribution in [0.1, 0.15) is 42.2 Å². The van der Waals surface area contributed by atoms with Crippen LogP contribution in [0, 0.1) is 0 Å². The molecule has 1 aromatic carbocycles. The number of benzene rings is 1. The highest BCUT2D eigenvalue weighted by Gasteiger charge is 2.12. The van der Waals surface area contributed by atoms with Crippen molar-refractivity contribution in [1.29, 1.82) is 0 Å². The number of hydrogen-bond acceptors (Lipinski definition) is 2. The zero-order valence-corrected chi connectivity index (χ0v) is 11.0. The lowest BCUT2D eigenvalue weighted by atomic mass is 10.1. The smallest absolute Gasteiger partial charge is 0.339 e. The average Bonchev–Trinajstić information content (AvgIpc) is 2.80. The Morgan fingerprint density at radius 3 is 2.89 bits per heavy atom. The molecular formula is C15H19NO2. The van der Waals surface area contributed by atoms with E-state index in [0.29, 0.717) is 5.56 Å². The molecule has 0 saturated carbocycles. The number of nitrogens with one attached hydrogen (secondary N) is 1. The van der Waals surface area contributed by atoms with E-state index in [-0.39, 0.29) is 5.97 Å². The number of rotatable bonds is 5. The predicted molar refractivity (Wildman–Crippen MR) is 72.9 cm³/mol. The zero-order valence-electron chi connectivity index (χ0n) is 11.0. The number of aromatic nitrogens is 1. The standard InChI is InChI=1S/C15H19NO2/c1-3-4-5-8-12-10-11-7-6-9-13(14(11)16-12)15(17)18-2/h6-7,9-10,16H,3-5,8H2,1-2H3. The van der Waals surface area contributed by atoms with E-state index in [4.69, 9.17) is 4.74 Å². The summed E-state index contributed by atoms with van der Waals surface area (Å²) in [5.41, 5.74) is 2.68. The quantitative estimate of drug-likeness (QED) is 0.645. The first-order valence-corrected chi connectivity index (χ1v) is 6.45. The molecule has 0 bridgehead atoms. The molecule has 0 unspecified atom stereocenters. The number of aryl methyl sites for hydroxylation is 1. The van der Waals surface area contributed by atoms with Gasteiger partial charge in [0, 0.05) is 11.1 Å². The Hall–Kier alpha value is -1.77. The topological polar surface area (TPSA) is 42.1 Å². The number of aromatic amines is 1. The third-order valence-electron chi connectivity index (χ3n) is 3.17. The molecule has 1 heterocycles. The number of hydrogen-bond donors (Lipinski definition) is 1. The number of H-pyrrole nitrogens is 1. The lowest BCUT2D eigenvalue weighted by molar-refractivity contribution is 0.0603. The van der Waals surface area contributed by atoms with Crippen LogP contribution in [0.25, 0.3) is 10.9 Å². The van der Waals surface area contributed by atoms with Gasteiger partial charge in [0.25, 0.3) is 0 Å². The minimum atomic E-state index is -0.289. The first kappa shape index (κ1) is 12.7. The lowest BCUT2D eigenvalue weighted by Crippen LogP contribution is -2.01. The van der Waals surface area contributed by atoms with Gasteiger partial charge in [0.1, 0.15) is 0 Å². The van der Waals surface area contributed by atoms with E-state index in [1.807, 2.05) is 12.1 Å². The second-order valence-corrected chi connectivity index (χ2v) is 4.51. The Kier molecular flexibility index (Phi) is 4.03. The highest BCUT2D eigenvalue weighted by molar-refractivity contribution is 6.03.